The molecule has 0 N–H and O–H groups in total. The van der Waals surface area contributed by atoms with Crippen LogP contribution in [0.15, 0.2) is 24.3 Å². The van der Waals surface area contributed by atoms with E-state index in [1.165, 1.54) is 12.1 Å². The van der Waals surface area contributed by atoms with E-state index in [0.717, 1.165) is 37.8 Å². The summed E-state index contributed by atoms with van der Waals surface area (Å²) in [5.41, 5.74) is -0.556. The van der Waals surface area contributed by atoms with E-state index >= 15 is 0 Å². The van der Waals surface area contributed by atoms with Crippen LogP contribution in [0, 0.1) is 11.8 Å². The number of hydrogen-bond acceptors (Lipinski definition) is 1. The second kappa shape index (κ2) is 5.35. The SMILES string of the molecule is CCC1CCC(C(=O)c2cccc(C(F)(F)F)c2)C1. The summed E-state index contributed by atoms with van der Waals surface area (Å²) >= 11 is 0. The van der Waals surface area contributed by atoms with Gasteiger partial charge in [0.15, 0.2) is 5.78 Å². The summed E-state index contributed by atoms with van der Waals surface area (Å²) in [4.78, 5) is 12.2. The van der Waals surface area contributed by atoms with Crippen LogP contribution in [-0.4, -0.2) is 5.78 Å². The predicted molar refractivity (Wildman–Crippen MR) is 66.9 cm³/mol. The van der Waals surface area contributed by atoms with Crippen molar-refractivity contribution in [2.24, 2.45) is 11.8 Å². The van der Waals surface area contributed by atoms with Gasteiger partial charge in [0.25, 0.3) is 0 Å². The zero-order chi connectivity index (χ0) is 14.0. The summed E-state index contributed by atoms with van der Waals surface area (Å²) in [5, 5.41) is 0. The van der Waals surface area contributed by atoms with Crippen LogP contribution in [0.4, 0.5) is 13.2 Å². The number of ketones is 1. The maximum atomic E-state index is 12.6. The van der Waals surface area contributed by atoms with Gasteiger partial charge >= 0.3 is 6.18 Å². The molecule has 2 rings (SSSR count). The Bertz CT molecular complexity index is 465. The molecule has 1 aliphatic rings. The Hall–Kier alpha value is -1.32. The van der Waals surface area contributed by atoms with Crippen LogP contribution in [0.1, 0.15) is 48.5 Å². The van der Waals surface area contributed by atoms with E-state index < -0.39 is 11.7 Å². The predicted octanol–water partition coefficient (Wildman–Crippen LogP) is 4.71. The molecule has 1 aromatic rings. The standard InChI is InChI=1S/C15H17F3O/c1-2-10-6-7-12(8-10)14(19)11-4-3-5-13(9-11)15(16,17)18/h3-5,9-10,12H,2,6-8H2,1H3. The molecular weight excluding hydrogens is 253 g/mol. The number of carbonyl (C=O) groups is 1. The number of carbonyl (C=O) groups excluding carboxylic acids is 1. The van der Waals surface area contributed by atoms with Crippen molar-refractivity contribution >= 4 is 5.78 Å². The van der Waals surface area contributed by atoms with Gasteiger partial charge in [-0.2, -0.15) is 13.2 Å². The molecule has 0 amide bonds. The van der Waals surface area contributed by atoms with E-state index in [9.17, 15) is 18.0 Å². The van der Waals surface area contributed by atoms with Crippen molar-refractivity contribution in [2.75, 3.05) is 0 Å². The minimum Gasteiger partial charge on any atom is -0.294 e. The molecule has 0 aromatic heterocycles. The topological polar surface area (TPSA) is 17.1 Å². The highest BCUT2D eigenvalue weighted by atomic mass is 19.4. The van der Waals surface area contributed by atoms with E-state index in [1.807, 2.05) is 0 Å². The Morgan fingerprint density at radius 3 is 2.63 bits per heavy atom. The van der Waals surface area contributed by atoms with Gasteiger partial charge in [0.1, 0.15) is 0 Å². The first kappa shape index (κ1) is 14.1. The molecular formula is C15H17F3O. The first-order valence-corrected chi connectivity index (χ1v) is 6.63. The van der Waals surface area contributed by atoms with Gasteiger partial charge in [-0.05, 0) is 37.3 Å². The minimum absolute atomic E-state index is 0.103. The highest BCUT2D eigenvalue weighted by Gasteiger charge is 2.33. The molecule has 1 nitrogen and oxygen atoms in total. The fourth-order valence-electron chi connectivity index (χ4n) is 2.77. The number of alkyl halides is 3. The summed E-state index contributed by atoms with van der Waals surface area (Å²) in [6.07, 6.45) is -0.741. The zero-order valence-electron chi connectivity index (χ0n) is 10.8. The summed E-state index contributed by atoms with van der Waals surface area (Å²) < 4.78 is 37.8. The van der Waals surface area contributed by atoms with E-state index in [4.69, 9.17) is 0 Å². The third-order valence-corrected chi connectivity index (χ3v) is 3.96. The van der Waals surface area contributed by atoms with Gasteiger partial charge in [0.2, 0.25) is 0 Å². The molecule has 2 atom stereocenters. The van der Waals surface area contributed by atoms with Gasteiger partial charge in [0, 0.05) is 11.5 Å². The second-order valence-electron chi connectivity index (χ2n) is 5.23. The van der Waals surface area contributed by atoms with Gasteiger partial charge in [-0.3, -0.25) is 4.79 Å². The van der Waals surface area contributed by atoms with Crippen molar-refractivity contribution in [3.05, 3.63) is 35.4 Å². The van der Waals surface area contributed by atoms with E-state index in [-0.39, 0.29) is 17.3 Å². The van der Waals surface area contributed by atoms with E-state index in [2.05, 4.69) is 6.92 Å². The first-order valence-electron chi connectivity index (χ1n) is 6.63. The Labute approximate surface area is 110 Å². The van der Waals surface area contributed by atoms with Gasteiger partial charge < -0.3 is 0 Å². The summed E-state index contributed by atoms with van der Waals surface area (Å²) in [6.45, 7) is 2.09. The van der Waals surface area contributed by atoms with Gasteiger partial charge in [-0.1, -0.05) is 25.5 Å². The molecule has 0 bridgehead atoms. The maximum absolute atomic E-state index is 12.6. The lowest BCUT2D eigenvalue weighted by Gasteiger charge is -2.11. The molecule has 1 aromatic carbocycles. The molecule has 0 spiro atoms. The molecule has 2 unspecified atom stereocenters. The van der Waals surface area contributed by atoms with Gasteiger partial charge in [-0.15, -0.1) is 0 Å². The molecule has 4 heteroatoms. The molecule has 0 saturated heterocycles. The molecule has 19 heavy (non-hydrogen) atoms. The largest absolute Gasteiger partial charge is 0.416 e. The fraction of sp³-hybridized carbons (Fsp3) is 0.533. The van der Waals surface area contributed by atoms with Crippen LogP contribution < -0.4 is 0 Å². The Morgan fingerprint density at radius 2 is 2.05 bits per heavy atom. The number of hydrogen-bond donors (Lipinski definition) is 0. The number of rotatable bonds is 3. The summed E-state index contributed by atoms with van der Waals surface area (Å²) in [5.74, 6) is 0.301. The lowest BCUT2D eigenvalue weighted by atomic mass is 9.93. The third kappa shape index (κ3) is 3.17. The second-order valence-corrected chi connectivity index (χ2v) is 5.23. The van der Waals surface area contributed by atoms with Crippen molar-refractivity contribution < 1.29 is 18.0 Å². The Kier molecular flexibility index (Phi) is 3.97. The highest BCUT2D eigenvalue weighted by molar-refractivity contribution is 5.98. The normalized spacial score (nSPS) is 23.6. The lowest BCUT2D eigenvalue weighted by molar-refractivity contribution is -0.137. The first-order chi connectivity index (χ1) is 8.91. The fourth-order valence-corrected chi connectivity index (χ4v) is 2.77. The quantitative estimate of drug-likeness (QED) is 0.727. The molecule has 1 saturated carbocycles. The average Bonchev–Trinajstić information content (AvgIpc) is 2.86. The van der Waals surface area contributed by atoms with Crippen LogP contribution in [0.3, 0.4) is 0 Å². The number of benzene rings is 1. The Balaban J connectivity index is 2.16. The maximum Gasteiger partial charge on any atom is 0.416 e. The Morgan fingerprint density at radius 1 is 1.32 bits per heavy atom. The van der Waals surface area contributed by atoms with Crippen LogP contribution in [-0.2, 0) is 6.18 Å². The molecule has 0 radical (unpaired) electrons. The van der Waals surface area contributed by atoms with Crippen molar-refractivity contribution in [2.45, 2.75) is 38.8 Å². The number of halogens is 3. The van der Waals surface area contributed by atoms with Gasteiger partial charge in [-0.25, -0.2) is 0 Å². The molecule has 0 aliphatic heterocycles. The van der Waals surface area contributed by atoms with Gasteiger partial charge in [0.05, 0.1) is 5.56 Å². The van der Waals surface area contributed by atoms with E-state index in [0.29, 0.717) is 5.92 Å². The lowest BCUT2D eigenvalue weighted by Crippen LogP contribution is -2.13. The van der Waals surface area contributed by atoms with Crippen molar-refractivity contribution in [1.82, 2.24) is 0 Å². The van der Waals surface area contributed by atoms with Crippen LogP contribution >= 0.6 is 0 Å². The van der Waals surface area contributed by atoms with Crippen molar-refractivity contribution in [1.29, 1.82) is 0 Å². The molecule has 0 heterocycles. The summed E-state index contributed by atoms with van der Waals surface area (Å²) in [6, 6.07) is 4.76. The van der Waals surface area contributed by atoms with E-state index in [1.54, 1.807) is 0 Å². The molecule has 1 fully saturated rings. The highest BCUT2D eigenvalue weighted by Crippen LogP contribution is 2.36. The smallest absolute Gasteiger partial charge is 0.294 e. The monoisotopic (exact) mass is 270 g/mol. The van der Waals surface area contributed by atoms with Crippen LogP contribution in [0.25, 0.3) is 0 Å². The summed E-state index contributed by atoms with van der Waals surface area (Å²) in [7, 11) is 0. The average molecular weight is 270 g/mol. The molecule has 104 valence electrons. The number of Topliss-reactive ketones (excluding diaryl/α,β-unsaturated/α-hetero) is 1. The third-order valence-electron chi connectivity index (χ3n) is 3.96. The zero-order valence-corrected chi connectivity index (χ0v) is 10.8. The minimum atomic E-state index is -4.39. The van der Waals surface area contributed by atoms with Crippen LogP contribution in [0.2, 0.25) is 0 Å². The van der Waals surface area contributed by atoms with Crippen molar-refractivity contribution in [3.8, 4) is 0 Å². The van der Waals surface area contributed by atoms with Crippen LogP contribution in [0.5, 0.6) is 0 Å². The van der Waals surface area contributed by atoms with Crippen molar-refractivity contribution in [3.63, 3.8) is 0 Å². The molecule has 1 aliphatic carbocycles.